The number of amides is 1. The molecule has 6 N–H and O–H groups in total. The van der Waals surface area contributed by atoms with E-state index >= 15 is 0 Å². The van der Waals surface area contributed by atoms with Gasteiger partial charge in [-0.05, 0) is 64.2 Å². The smallest absolute Gasteiger partial charge is 0.220 e. The Hall–Kier alpha value is -1.85. The summed E-state index contributed by atoms with van der Waals surface area (Å²) in [6.45, 7) is 3.79. The highest BCUT2D eigenvalue weighted by Crippen LogP contribution is 2.23. The first-order valence-corrected chi connectivity index (χ1v) is 33.4. The molecule has 452 valence electrons. The Morgan fingerprint density at radius 3 is 1.17 bits per heavy atom. The van der Waals surface area contributed by atoms with Crippen LogP contribution in [0.5, 0.6) is 0 Å². The number of carbonyl (C=O) groups is 1. The molecule has 0 radical (unpaired) electrons. The van der Waals surface area contributed by atoms with Crippen LogP contribution in [0.2, 0.25) is 0 Å². The fraction of sp³-hybridized carbons (Fsp3) is 0.868. The Labute approximate surface area is 475 Å². The van der Waals surface area contributed by atoms with Crippen LogP contribution in [0.25, 0.3) is 0 Å². The van der Waals surface area contributed by atoms with Gasteiger partial charge in [-0.3, -0.25) is 4.79 Å². The monoisotopic (exact) mass is 1090 g/mol. The van der Waals surface area contributed by atoms with Gasteiger partial charge in [-0.15, -0.1) is 0 Å². The number of aliphatic hydroxyl groups excluding tert-OH is 5. The highest BCUT2D eigenvalue weighted by molar-refractivity contribution is 5.76. The van der Waals surface area contributed by atoms with Crippen molar-refractivity contribution in [2.45, 2.75) is 365 Å². The van der Waals surface area contributed by atoms with E-state index in [0.29, 0.717) is 6.42 Å². The minimum Gasteiger partial charge on any atom is -0.394 e. The van der Waals surface area contributed by atoms with E-state index in [0.717, 1.165) is 44.9 Å². The van der Waals surface area contributed by atoms with Gasteiger partial charge in [0.15, 0.2) is 6.29 Å². The van der Waals surface area contributed by atoms with Crippen LogP contribution >= 0.6 is 0 Å². The summed E-state index contributed by atoms with van der Waals surface area (Å²) in [4.78, 5) is 13.1. The molecule has 1 aliphatic rings. The van der Waals surface area contributed by atoms with Gasteiger partial charge in [-0.2, -0.15) is 0 Å². The Balaban J connectivity index is 2.13. The van der Waals surface area contributed by atoms with Gasteiger partial charge < -0.3 is 40.3 Å². The number of allylic oxidation sites excluding steroid dienone is 7. The van der Waals surface area contributed by atoms with Crippen LogP contribution < -0.4 is 5.32 Å². The minimum atomic E-state index is -1.57. The summed E-state index contributed by atoms with van der Waals surface area (Å²) in [5, 5.41) is 54.6. The van der Waals surface area contributed by atoms with Gasteiger partial charge in [-0.25, -0.2) is 0 Å². The topological polar surface area (TPSA) is 149 Å². The maximum Gasteiger partial charge on any atom is 0.220 e. The molecule has 0 spiro atoms. The lowest BCUT2D eigenvalue weighted by Gasteiger charge is -2.40. The Morgan fingerprint density at radius 1 is 0.442 bits per heavy atom. The number of ether oxygens (including phenoxy) is 2. The molecule has 0 aromatic heterocycles. The molecule has 77 heavy (non-hydrogen) atoms. The number of unbranched alkanes of at least 4 members (excludes halogenated alkanes) is 42. The number of nitrogens with one attached hydrogen (secondary N) is 1. The third-order valence-electron chi connectivity index (χ3n) is 15.9. The summed E-state index contributed by atoms with van der Waals surface area (Å²) < 4.78 is 11.3. The summed E-state index contributed by atoms with van der Waals surface area (Å²) >= 11 is 0. The van der Waals surface area contributed by atoms with E-state index < -0.39 is 49.5 Å². The number of hydrogen-bond acceptors (Lipinski definition) is 8. The summed E-state index contributed by atoms with van der Waals surface area (Å²) in [5.41, 5.74) is 0. The summed E-state index contributed by atoms with van der Waals surface area (Å²) in [6, 6.07) is -0.822. The standard InChI is InChI=1S/C68H127NO8/c1-3-5-7-9-11-13-15-17-19-21-23-25-26-27-28-29-30-31-32-33-34-35-36-38-40-42-44-46-48-50-52-54-56-58-64(72)69-61(60-76-68-67(75)66(74)65(73)63(59-70)77-68)62(71)57-55-53-51-49-47-45-43-41-39-37-24-22-20-18-16-14-12-10-8-6-4-2/h15,17,21,23,47,49,55,57,61-63,65-68,70-71,73-75H,3-14,16,18-20,22,24-46,48,50-54,56,58-60H2,1-2H3,(H,69,72)/b17-15-,23-21-,49-47+,57-55+. The first-order valence-electron chi connectivity index (χ1n) is 33.4. The summed E-state index contributed by atoms with van der Waals surface area (Å²) in [5.74, 6) is -0.181. The number of hydrogen-bond donors (Lipinski definition) is 6. The van der Waals surface area contributed by atoms with Crippen LogP contribution in [0.15, 0.2) is 48.6 Å². The molecule has 1 heterocycles. The Kier molecular flexibility index (Phi) is 54.5. The first-order chi connectivity index (χ1) is 37.8. The van der Waals surface area contributed by atoms with Crippen molar-refractivity contribution in [3.05, 3.63) is 48.6 Å². The average molecular weight is 1090 g/mol. The number of carbonyl (C=O) groups excluding carboxylic acids is 1. The largest absolute Gasteiger partial charge is 0.394 e. The van der Waals surface area contributed by atoms with E-state index in [1.54, 1.807) is 6.08 Å². The van der Waals surface area contributed by atoms with Crippen molar-refractivity contribution in [2.75, 3.05) is 13.2 Å². The first kappa shape index (κ1) is 73.2. The molecule has 1 rings (SSSR count). The van der Waals surface area contributed by atoms with Crippen molar-refractivity contribution in [2.24, 2.45) is 0 Å². The molecule has 7 atom stereocenters. The molecule has 1 aliphatic heterocycles. The second-order valence-electron chi connectivity index (χ2n) is 23.3. The molecule has 9 heteroatoms. The van der Waals surface area contributed by atoms with Crippen molar-refractivity contribution in [1.82, 2.24) is 5.32 Å². The van der Waals surface area contributed by atoms with E-state index in [4.69, 9.17) is 9.47 Å². The zero-order valence-electron chi connectivity index (χ0n) is 50.5. The van der Waals surface area contributed by atoms with Gasteiger partial charge in [0.05, 0.1) is 25.4 Å². The molecular weight excluding hydrogens is 959 g/mol. The molecule has 7 unspecified atom stereocenters. The van der Waals surface area contributed by atoms with E-state index in [1.165, 1.54) is 257 Å². The van der Waals surface area contributed by atoms with Gasteiger partial charge in [0.25, 0.3) is 0 Å². The van der Waals surface area contributed by atoms with Gasteiger partial charge in [0.1, 0.15) is 24.4 Å². The van der Waals surface area contributed by atoms with Gasteiger partial charge >= 0.3 is 0 Å². The lowest BCUT2D eigenvalue weighted by molar-refractivity contribution is -0.302. The van der Waals surface area contributed by atoms with Crippen molar-refractivity contribution in [3.63, 3.8) is 0 Å². The van der Waals surface area contributed by atoms with E-state index in [1.807, 2.05) is 6.08 Å². The van der Waals surface area contributed by atoms with Crippen molar-refractivity contribution >= 4 is 5.91 Å². The maximum atomic E-state index is 13.1. The van der Waals surface area contributed by atoms with Gasteiger partial charge in [0.2, 0.25) is 5.91 Å². The number of rotatable bonds is 58. The highest BCUT2D eigenvalue weighted by atomic mass is 16.7. The highest BCUT2D eigenvalue weighted by Gasteiger charge is 2.44. The van der Waals surface area contributed by atoms with Crippen LogP contribution in [-0.4, -0.2) is 87.5 Å². The number of aliphatic hydroxyl groups is 5. The third kappa shape index (κ3) is 46.5. The molecule has 0 aromatic rings. The zero-order valence-corrected chi connectivity index (χ0v) is 50.5. The second kappa shape index (κ2) is 57.4. The maximum absolute atomic E-state index is 13.1. The van der Waals surface area contributed by atoms with E-state index in [2.05, 4.69) is 55.6 Å². The molecular formula is C68H127NO8. The van der Waals surface area contributed by atoms with Crippen LogP contribution in [0.3, 0.4) is 0 Å². The molecule has 0 aromatic carbocycles. The van der Waals surface area contributed by atoms with Crippen LogP contribution in [-0.2, 0) is 14.3 Å². The van der Waals surface area contributed by atoms with Crippen LogP contribution in [0, 0.1) is 0 Å². The second-order valence-corrected chi connectivity index (χ2v) is 23.3. The zero-order chi connectivity index (χ0) is 55.8. The van der Waals surface area contributed by atoms with Crippen LogP contribution in [0.4, 0.5) is 0 Å². The van der Waals surface area contributed by atoms with Crippen molar-refractivity contribution in [1.29, 1.82) is 0 Å². The SMILES string of the molecule is CCCCCCC/C=C\C/C=C\CCCCCCCCCCCCCCCCCCCCCCCC(=O)NC(COC1OC(CO)C(O)C(O)C1O)C(O)/C=C/CC/C=C/CCCCCCCCCCCCCCCCC. The molecule has 1 fully saturated rings. The minimum absolute atomic E-state index is 0.181. The lowest BCUT2D eigenvalue weighted by atomic mass is 9.99. The molecule has 0 saturated carbocycles. The molecule has 1 saturated heterocycles. The molecule has 0 bridgehead atoms. The van der Waals surface area contributed by atoms with Crippen molar-refractivity contribution < 1.29 is 39.8 Å². The van der Waals surface area contributed by atoms with E-state index in [9.17, 15) is 30.3 Å². The quantitative estimate of drug-likeness (QED) is 0.0261. The fourth-order valence-corrected chi connectivity index (χ4v) is 10.6. The molecule has 1 amide bonds. The Morgan fingerprint density at radius 2 is 0.779 bits per heavy atom. The van der Waals surface area contributed by atoms with Gasteiger partial charge in [-0.1, -0.05) is 300 Å². The predicted molar refractivity (Wildman–Crippen MR) is 327 cm³/mol. The summed E-state index contributed by atoms with van der Waals surface area (Å²) in [6.07, 6.45) is 70.7. The van der Waals surface area contributed by atoms with E-state index in [-0.39, 0.29) is 12.5 Å². The normalized spacial score (nSPS) is 19.0. The summed E-state index contributed by atoms with van der Waals surface area (Å²) in [7, 11) is 0. The average Bonchev–Trinajstić information content (AvgIpc) is 3.43. The predicted octanol–water partition coefficient (Wildman–Crippen LogP) is 17.6. The fourth-order valence-electron chi connectivity index (χ4n) is 10.6. The third-order valence-corrected chi connectivity index (χ3v) is 15.9. The Bertz CT molecular complexity index is 1350. The van der Waals surface area contributed by atoms with Crippen LogP contribution in [0.1, 0.15) is 322 Å². The lowest BCUT2D eigenvalue weighted by Crippen LogP contribution is -2.60. The van der Waals surface area contributed by atoms with Gasteiger partial charge in [0, 0.05) is 6.42 Å². The van der Waals surface area contributed by atoms with Crippen molar-refractivity contribution in [3.8, 4) is 0 Å². The molecule has 0 aliphatic carbocycles. The molecule has 9 nitrogen and oxygen atoms in total.